The van der Waals surface area contributed by atoms with Gasteiger partial charge in [0.2, 0.25) is 0 Å². The van der Waals surface area contributed by atoms with Gasteiger partial charge in [0.05, 0.1) is 5.69 Å². The molecule has 0 aliphatic carbocycles. The van der Waals surface area contributed by atoms with Crippen molar-refractivity contribution in [2.45, 2.75) is 26.7 Å². The summed E-state index contributed by atoms with van der Waals surface area (Å²) in [4.78, 5) is 12.5. The Morgan fingerprint density at radius 1 is 1.04 bits per heavy atom. The molecule has 0 saturated carbocycles. The quantitative estimate of drug-likeness (QED) is 0.766. The molecule has 1 heterocycles. The van der Waals surface area contributed by atoms with E-state index in [1.807, 2.05) is 55.5 Å². The molecule has 0 aliphatic heterocycles. The maximum Gasteiger partial charge on any atom is 0.276 e. The highest BCUT2D eigenvalue weighted by molar-refractivity contribution is 6.03. The van der Waals surface area contributed by atoms with Crippen molar-refractivity contribution >= 4 is 11.6 Å². The lowest BCUT2D eigenvalue weighted by molar-refractivity contribution is 0.102. The number of hydrogen-bond donors (Lipinski definition) is 1. The average Bonchev–Trinajstić information content (AvgIpc) is 2.98. The van der Waals surface area contributed by atoms with Gasteiger partial charge in [-0.1, -0.05) is 44.2 Å². The van der Waals surface area contributed by atoms with Crippen LogP contribution in [0.2, 0.25) is 0 Å². The molecule has 1 N–H and O–H groups in total. The summed E-state index contributed by atoms with van der Waals surface area (Å²) in [6, 6.07) is 19.5. The van der Waals surface area contributed by atoms with Crippen molar-refractivity contribution in [3.63, 3.8) is 0 Å². The molecule has 0 radical (unpaired) electrons. The minimum atomic E-state index is -0.200. The highest BCUT2D eigenvalue weighted by Crippen LogP contribution is 2.19. The zero-order valence-corrected chi connectivity index (χ0v) is 14.2. The maximum atomic E-state index is 12.5. The monoisotopic (exact) mass is 319 g/mol. The summed E-state index contributed by atoms with van der Waals surface area (Å²) in [5.74, 6) is 0.218. The van der Waals surface area contributed by atoms with E-state index >= 15 is 0 Å². The van der Waals surface area contributed by atoms with Gasteiger partial charge in [-0.15, -0.1) is 0 Å². The van der Waals surface area contributed by atoms with Gasteiger partial charge in [-0.3, -0.25) is 4.79 Å². The molecule has 0 unspecified atom stereocenters. The summed E-state index contributed by atoms with van der Waals surface area (Å²) < 4.78 is 1.78. The van der Waals surface area contributed by atoms with Gasteiger partial charge in [0.15, 0.2) is 5.69 Å². The summed E-state index contributed by atoms with van der Waals surface area (Å²) in [6.07, 6.45) is 0. The first-order valence-corrected chi connectivity index (χ1v) is 8.08. The highest BCUT2D eigenvalue weighted by atomic mass is 16.1. The number of benzene rings is 2. The fourth-order valence-electron chi connectivity index (χ4n) is 2.59. The highest BCUT2D eigenvalue weighted by Gasteiger charge is 2.14. The summed E-state index contributed by atoms with van der Waals surface area (Å²) in [5, 5.41) is 7.37. The third kappa shape index (κ3) is 3.38. The first-order chi connectivity index (χ1) is 11.5. The molecule has 4 heteroatoms. The van der Waals surface area contributed by atoms with E-state index in [-0.39, 0.29) is 5.91 Å². The van der Waals surface area contributed by atoms with Crippen molar-refractivity contribution < 1.29 is 4.79 Å². The molecule has 1 aromatic heterocycles. The van der Waals surface area contributed by atoms with E-state index in [1.54, 1.807) is 10.7 Å². The molecule has 24 heavy (non-hydrogen) atoms. The van der Waals surface area contributed by atoms with Crippen LogP contribution in [0, 0.1) is 6.92 Å². The second-order valence-corrected chi connectivity index (χ2v) is 6.15. The fourth-order valence-corrected chi connectivity index (χ4v) is 2.59. The third-order valence-electron chi connectivity index (χ3n) is 3.93. The second kappa shape index (κ2) is 6.71. The topological polar surface area (TPSA) is 46.9 Å². The zero-order valence-electron chi connectivity index (χ0n) is 14.2. The standard InChI is InChI=1S/C20H21N3O/c1-14(2)16-8-7-9-17(13-16)21-20(24)19-12-15(3)23(22-19)18-10-5-4-6-11-18/h4-14H,1-3H3,(H,21,24). The van der Waals surface area contributed by atoms with Gasteiger partial charge < -0.3 is 5.32 Å². The van der Waals surface area contributed by atoms with E-state index in [0.29, 0.717) is 11.6 Å². The van der Waals surface area contributed by atoms with Crippen LogP contribution in [-0.2, 0) is 0 Å². The van der Waals surface area contributed by atoms with Gasteiger partial charge in [0.1, 0.15) is 0 Å². The fraction of sp³-hybridized carbons (Fsp3) is 0.200. The predicted octanol–water partition coefficient (Wildman–Crippen LogP) is 4.56. The molecule has 4 nitrogen and oxygen atoms in total. The van der Waals surface area contributed by atoms with Gasteiger partial charge in [0, 0.05) is 11.4 Å². The van der Waals surface area contributed by atoms with Gasteiger partial charge >= 0.3 is 0 Å². The number of amides is 1. The Bertz CT molecular complexity index is 850. The lowest BCUT2D eigenvalue weighted by Crippen LogP contribution is -2.13. The number of rotatable bonds is 4. The number of aromatic nitrogens is 2. The molecule has 1 amide bonds. The first kappa shape index (κ1) is 16.0. The molecule has 2 aromatic carbocycles. The van der Waals surface area contributed by atoms with Crippen LogP contribution in [-0.4, -0.2) is 15.7 Å². The zero-order chi connectivity index (χ0) is 17.1. The number of nitrogens with zero attached hydrogens (tertiary/aromatic N) is 2. The molecule has 0 atom stereocenters. The van der Waals surface area contributed by atoms with Crippen LogP contribution < -0.4 is 5.32 Å². The van der Waals surface area contributed by atoms with Crippen LogP contribution in [0.15, 0.2) is 60.7 Å². The molecule has 3 rings (SSSR count). The third-order valence-corrected chi connectivity index (χ3v) is 3.93. The average molecular weight is 319 g/mol. The van der Waals surface area contributed by atoms with E-state index in [4.69, 9.17) is 0 Å². The lowest BCUT2D eigenvalue weighted by Gasteiger charge is -2.08. The van der Waals surface area contributed by atoms with Crippen molar-refractivity contribution in [3.8, 4) is 5.69 Å². The first-order valence-electron chi connectivity index (χ1n) is 8.08. The SMILES string of the molecule is Cc1cc(C(=O)Nc2cccc(C(C)C)c2)nn1-c1ccccc1. The molecular formula is C20H21N3O. The summed E-state index contributed by atoms with van der Waals surface area (Å²) in [6.45, 7) is 6.20. The lowest BCUT2D eigenvalue weighted by atomic mass is 10.0. The van der Waals surface area contributed by atoms with Crippen molar-refractivity contribution in [2.75, 3.05) is 5.32 Å². The molecule has 0 bridgehead atoms. The van der Waals surface area contributed by atoms with E-state index in [9.17, 15) is 4.79 Å². The number of nitrogens with one attached hydrogen (secondary N) is 1. The van der Waals surface area contributed by atoms with E-state index in [1.165, 1.54) is 5.56 Å². The van der Waals surface area contributed by atoms with Gasteiger partial charge in [0.25, 0.3) is 5.91 Å². The molecule has 122 valence electrons. The van der Waals surface area contributed by atoms with Gasteiger partial charge in [-0.05, 0) is 48.7 Å². The molecule has 3 aromatic rings. The van der Waals surface area contributed by atoms with Gasteiger partial charge in [-0.25, -0.2) is 4.68 Å². The molecule has 0 spiro atoms. The number of aryl methyl sites for hydroxylation is 1. The summed E-state index contributed by atoms with van der Waals surface area (Å²) >= 11 is 0. The Morgan fingerprint density at radius 2 is 1.79 bits per heavy atom. The Hall–Kier alpha value is -2.88. The van der Waals surface area contributed by atoms with Crippen molar-refractivity contribution in [1.29, 1.82) is 0 Å². The summed E-state index contributed by atoms with van der Waals surface area (Å²) in [7, 11) is 0. The molecule has 0 saturated heterocycles. The Kier molecular flexibility index (Phi) is 4.47. The Balaban J connectivity index is 1.82. The number of hydrogen-bond acceptors (Lipinski definition) is 2. The Labute approximate surface area is 142 Å². The molecule has 0 fully saturated rings. The molecule has 0 aliphatic rings. The molecular weight excluding hydrogens is 298 g/mol. The maximum absolute atomic E-state index is 12.5. The van der Waals surface area contributed by atoms with Crippen molar-refractivity contribution in [3.05, 3.63) is 77.6 Å². The van der Waals surface area contributed by atoms with Crippen LogP contribution in [0.25, 0.3) is 5.69 Å². The number of anilines is 1. The minimum Gasteiger partial charge on any atom is -0.321 e. The van der Waals surface area contributed by atoms with Crippen LogP contribution in [0.4, 0.5) is 5.69 Å². The largest absolute Gasteiger partial charge is 0.321 e. The van der Waals surface area contributed by atoms with Crippen molar-refractivity contribution in [1.82, 2.24) is 9.78 Å². The van der Waals surface area contributed by atoms with Crippen LogP contribution >= 0.6 is 0 Å². The predicted molar refractivity (Wildman–Crippen MR) is 96.8 cm³/mol. The number of carbonyl (C=O) groups is 1. The van der Waals surface area contributed by atoms with Crippen LogP contribution in [0.3, 0.4) is 0 Å². The van der Waals surface area contributed by atoms with Gasteiger partial charge in [-0.2, -0.15) is 5.10 Å². The van der Waals surface area contributed by atoms with Crippen LogP contribution in [0.5, 0.6) is 0 Å². The van der Waals surface area contributed by atoms with E-state index in [2.05, 4.69) is 30.3 Å². The summed E-state index contributed by atoms with van der Waals surface area (Å²) in [5.41, 5.74) is 4.25. The normalized spacial score (nSPS) is 10.8. The van der Waals surface area contributed by atoms with Crippen molar-refractivity contribution in [2.24, 2.45) is 0 Å². The van der Waals surface area contributed by atoms with E-state index < -0.39 is 0 Å². The van der Waals surface area contributed by atoms with E-state index in [0.717, 1.165) is 17.1 Å². The number of carbonyl (C=O) groups excluding carboxylic acids is 1. The smallest absolute Gasteiger partial charge is 0.276 e. The number of para-hydroxylation sites is 1. The second-order valence-electron chi connectivity index (χ2n) is 6.15. The Morgan fingerprint density at radius 3 is 2.50 bits per heavy atom. The van der Waals surface area contributed by atoms with Crippen LogP contribution in [0.1, 0.15) is 41.5 Å². The minimum absolute atomic E-state index is 0.200.